The molecule has 0 saturated carbocycles. The maximum absolute atomic E-state index is 13.6. The third kappa shape index (κ3) is 4.97. The second-order valence-electron chi connectivity index (χ2n) is 5.95. The van der Waals surface area contributed by atoms with Crippen LogP contribution in [0, 0.1) is 18.3 Å². The number of rotatable bonds is 6. The van der Waals surface area contributed by atoms with Gasteiger partial charge in [0.2, 0.25) is 11.0 Å². The van der Waals surface area contributed by atoms with Crippen molar-refractivity contribution in [1.82, 2.24) is 15.2 Å². The standard InChI is InChI=1S/C18H14F3N5OS3/c1-3-13(15(27)24-17-26-25-9(2)29-17)30-16-10(8-22)11(18(19,20)21)7-12(23-16)14-5-4-6-28-14/h4-7,13H,3H2,1-2H3,(H,24,26,27). The molecule has 0 aromatic carbocycles. The van der Waals surface area contributed by atoms with E-state index in [-0.39, 0.29) is 10.7 Å². The van der Waals surface area contributed by atoms with Crippen molar-refractivity contribution in [3.63, 3.8) is 0 Å². The van der Waals surface area contributed by atoms with Gasteiger partial charge in [0.05, 0.1) is 26.9 Å². The van der Waals surface area contributed by atoms with Gasteiger partial charge in [-0.15, -0.1) is 21.5 Å². The quantitative estimate of drug-likeness (QED) is 0.488. The second kappa shape index (κ2) is 9.11. The Kier molecular flexibility index (Phi) is 6.74. The number of hydrogen-bond acceptors (Lipinski definition) is 8. The van der Waals surface area contributed by atoms with E-state index in [0.29, 0.717) is 21.4 Å². The summed E-state index contributed by atoms with van der Waals surface area (Å²) >= 11 is 3.25. The topological polar surface area (TPSA) is 91.6 Å². The number of aromatic nitrogens is 3. The highest BCUT2D eigenvalue weighted by molar-refractivity contribution is 8.00. The molecular formula is C18H14F3N5OS3. The van der Waals surface area contributed by atoms with Crippen LogP contribution in [-0.4, -0.2) is 26.3 Å². The molecule has 3 aromatic heterocycles. The van der Waals surface area contributed by atoms with Crippen LogP contribution in [0.15, 0.2) is 28.6 Å². The van der Waals surface area contributed by atoms with Crippen molar-refractivity contribution in [3.05, 3.63) is 39.7 Å². The number of amides is 1. The molecule has 1 amide bonds. The Balaban J connectivity index is 1.99. The fourth-order valence-corrected chi connectivity index (χ4v) is 4.79. The summed E-state index contributed by atoms with van der Waals surface area (Å²) in [7, 11) is 0. The number of thioether (sulfide) groups is 1. The number of pyridine rings is 1. The third-order valence-corrected chi connectivity index (χ3v) is 6.85. The lowest BCUT2D eigenvalue weighted by molar-refractivity contribution is -0.138. The Morgan fingerprint density at radius 1 is 1.40 bits per heavy atom. The number of carbonyl (C=O) groups is 1. The average molecular weight is 470 g/mol. The van der Waals surface area contributed by atoms with Crippen molar-refractivity contribution < 1.29 is 18.0 Å². The first kappa shape index (κ1) is 22.2. The van der Waals surface area contributed by atoms with E-state index in [1.54, 1.807) is 37.4 Å². The maximum atomic E-state index is 13.6. The van der Waals surface area contributed by atoms with Gasteiger partial charge in [0.1, 0.15) is 16.1 Å². The number of hydrogen-bond donors (Lipinski definition) is 1. The van der Waals surface area contributed by atoms with Crippen molar-refractivity contribution in [1.29, 1.82) is 5.26 Å². The normalized spacial score (nSPS) is 12.4. The van der Waals surface area contributed by atoms with Gasteiger partial charge in [-0.05, 0) is 30.9 Å². The van der Waals surface area contributed by atoms with Crippen LogP contribution in [0.1, 0.15) is 29.5 Å². The minimum atomic E-state index is -4.73. The number of aryl methyl sites for hydroxylation is 1. The van der Waals surface area contributed by atoms with Gasteiger partial charge in [-0.3, -0.25) is 10.1 Å². The molecule has 3 rings (SSSR count). The Hall–Kier alpha value is -2.49. The van der Waals surface area contributed by atoms with E-state index in [4.69, 9.17) is 0 Å². The van der Waals surface area contributed by atoms with E-state index in [2.05, 4.69) is 20.5 Å². The van der Waals surface area contributed by atoms with E-state index < -0.39 is 28.5 Å². The molecule has 1 unspecified atom stereocenters. The summed E-state index contributed by atoms with van der Waals surface area (Å²) < 4.78 is 40.9. The molecule has 6 nitrogen and oxygen atoms in total. The fourth-order valence-electron chi connectivity index (χ4n) is 2.48. The highest BCUT2D eigenvalue weighted by atomic mass is 32.2. The first-order valence-electron chi connectivity index (χ1n) is 8.56. The zero-order valence-electron chi connectivity index (χ0n) is 15.6. The second-order valence-corrected chi connectivity index (χ2v) is 9.27. The summed E-state index contributed by atoms with van der Waals surface area (Å²) in [6, 6.07) is 5.84. The van der Waals surface area contributed by atoms with Crippen molar-refractivity contribution in [3.8, 4) is 16.6 Å². The molecule has 3 heterocycles. The first-order valence-corrected chi connectivity index (χ1v) is 11.1. The number of nitrogens with one attached hydrogen (secondary N) is 1. The molecule has 1 atom stereocenters. The number of alkyl halides is 3. The fraction of sp³-hybridized carbons (Fsp3) is 0.278. The molecule has 0 saturated heterocycles. The number of thiophene rings is 1. The van der Waals surface area contributed by atoms with Gasteiger partial charge < -0.3 is 0 Å². The molecule has 0 aliphatic carbocycles. The van der Waals surface area contributed by atoms with Crippen molar-refractivity contribution in [2.45, 2.75) is 36.7 Å². The maximum Gasteiger partial charge on any atom is 0.417 e. The average Bonchev–Trinajstić information content (AvgIpc) is 3.36. The highest BCUT2D eigenvalue weighted by Crippen LogP contribution is 2.40. The molecular weight excluding hydrogens is 455 g/mol. The summed E-state index contributed by atoms with van der Waals surface area (Å²) in [5.74, 6) is -0.445. The van der Waals surface area contributed by atoms with Crippen LogP contribution in [0.5, 0.6) is 0 Å². The zero-order chi connectivity index (χ0) is 21.9. The SMILES string of the molecule is CCC(Sc1nc(-c2cccs2)cc(C(F)(F)F)c1C#N)C(=O)Nc1nnc(C)s1. The van der Waals surface area contributed by atoms with Gasteiger partial charge >= 0.3 is 6.18 Å². The number of anilines is 1. The minimum absolute atomic E-state index is 0.105. The van der Waals surface area contributed by atoms with Crippen LogP contribution in [0.3, 0.4) is 0 Å². The lowest BCUT2D eigenvalue weighted by atomic mass is 10.1. The van der Waals surface area contributed by atoms with E-state index in [0.717, 1.165) is 17.8 Å². The summed E-state index contributed by atoms with van der Waals surface area (Å²) in [4.78, 5) is 17.5. The highest BCUT2D eigenvalue weighted by Gasteiger charge is 2.37. The molecule has 0 aliphatic heterocycles. The van der Waals surface area contributed by atoms with Gasteiger partial charge in [-0.2, -0.15) is 18.4 Å². The minimum Gasteiger partial charge on any atom is -0.300 e. The van der Waals surface area contributed by atoms with Crippen LogP contribution in [0.25, 0.3) is 10.6 Å². The molecule has 0 radical (unpaired) electrons. The van der Waals surface area contributed by atoms with Crippen LogP contribution in [-0.2, 0) is 11.0 Å². The van der Waals surface area contributed by atoms with Gasteiger partial charge in [-0.1, -0.05) is 36.1 Å². The Morgan fingerprint density at radius 3 is 2.70 bits per heavy atom. The van der Waals surface area contributed by atoms with Gasteiger partial charge in [-0.25, -0.2) is 4.98 Å². The van der Waals surface area contributed by atoms with E-state index >= 15 is 0 Å². The van der Waals surface area contributed by atoms with Gasteiger partial charge in [0, 0.05) is 0 Å². The molecule has 3 aromatic rings. The lowest BCUT2D eigenvalue weighted by Crippen LogP contribution is -2.25. The van der Waals surface area contributed by atoms with E-state index in [9.17, 15) is 23.2 Å². The lowest BCUT2D eigenvalue weighted by Gasteiger charge is -2.17. The van der Waals surface area contributed by atoms with Crippen molar-refractivity contribution in [2.24, 2.45) is 0 Å². The summed E-state index contributed by atoms with van der Waals surface area (Å²) in [5, 5.41) is 21.5. The number of carbonyl (C=O) groups excluding carboxylic acids is 1. The van der Waals surface area contributed by atoms with Crippen LogP contribution < -0.4 is 5.32 Å². The summed E-state index contributed by atoms with van der Waals surface area (Å²) in [6.07, 6.45) is -4.42. The Labute approximate surface area is 182 Å². The van der Waals surface area contributed by atoms with Crippen LogP contribution in [0.4, 0.5) is 18.3 Å². The molecule has 12 heteroatoms. The predicted octanol–water partition coefficient (Wildman–Crippen LogP) is 5.37. The molecule has 0 bridgehead atoms. The monoisotopic (exact) mass is 469 g/mol. The van der Waals surface area contributed by atoms with Crippen LogP contribution in [0.2, 0.25) is 0 Å². The zero-order valence-corrected chi connectivity index (χ0v) is 18.1. The Bertz CT molecular complexity index is 1090. The van der Waals surface area contributed by atoms with E-state index in [1.807, 2.05) is 0 Å². The van der Waals surface area contributed by atoms with Crippen molar-refractivity contribution in [2.75, 3.05) is 5.32 Å². The first-order chi connectivity index (χ1) is 14.2. The molecule has 0 aliphatic rings. The van der Waals surface area contributed by atoms with Gasteiger partial charge in [0.25, 0.3) is 0 Å². The smallest absolute Gasteiger partial charge is 0.300 e. The van der Waals surface area contributed by atoms with Gasteiger partial charge in [0.15, 0.2) is 0 Å². The predicted molar refractivity (Wildman–Crippen MR) is 110 cm³/mol. The number of nitrogens with zero attached hydrogens (tertiary/aromatic N) is 4. The number of nitriles is 1. The van der Waals surface area contributed by atoms with E-state index in [1.165, 1.54) is 22.7 Å². The number of halogens is 3. The summed E-state index contributed by atoms with van der Waals surface area (Å²) in [6.45, 7) is 3.46. The molecule has 0 fully saturated rings. The summed E-state index contributed by atoms with van der Waals surface area (Å²) in [5.41, 5.74) is -1.56. The molecule has 0 spiro atoms. The van der Waals surface area contributed by atoms with Crippen LogP contribution >= 0.6 is 34.4 Å². The largest absolute Gasteiger partial charge is 0.417 e. The molecule has 156 valence electrons. The molecule has 1 N–H and O–H groups in total. The Morgan fingerprint density at radius 2 is 2.17 bits per heavy atom. The third-order valence-electron chi connectivity index (χ3n) is 3.85. The molecule has 30 heavy (non-hydrogen) atoms. The van der Waals surface area contributed by atoms with Crippen molar-refractivity contribution >= 4 is 45.5 Å².